The number of aliphatic imine (C=N–C) groups is 1. The van der Waals surface area contributed by atoms with Gasteiger partial charge in [-0.05, 0) is 40.2 Å². The normalized spacial score (nSPS) is 11.5. The molecule has 0 rings (SSSR count). The van der Waals surface area contributed by atoms with Crippen molar-refractivity contribution < 1.29 is 0 Å². The summed E-state index contributed by atoms with van der Waals surface area (Å²) in [5.41, 5.74) is 3.85. The molecule has 58 valence electrons. The van der Waals surface area contributed by atoms with Crippen molar-refractivity contribution in [1.29, 1.82) is 0 Å². The molecule has 0 aromatic heterocycles. The van der Waals surface area contributed by atoms with Gasteiger partial charge in [-0.25, -0.2) is 0 Å². The van der Waals surface area contributed by atoms with Crippen LogP contribution in [-0.2, 0) is 0 Å². The molecule has 0 heterocycles. The Kier molecular flexibility index (Phi) is 4.01. The molecule has 0 saturated carbocycles. The van der Waals surface area contributed by atoms with Crippen molar-refractivity contribution in [3.05, 3.63) is 11.1 Å². The van der Waals surface area contributed by atoms with Gasteiger partial charge in [-0.2, -0.15) is 0 Å². The van der Waals surface area contributed by atoms with Crippen LogP contribution in [0, 0.1) is 0 Å². The Bertz CT molecular complexity index is 160. The monoisotopic (exact) mass is 139 g/mol. The van der Waals surface area contributed by atoms with Gasteiger partial charge in [0.25, 0.3) is 0 Å². The maximum atomic E-state index is 4.30. The van der Waals surface area contributed by atoms with Crippen LogP contribution in [0.1, 0.15) is 34.6 Å². The van der Waals surface area contributed by atoms with Crippen LogP contribution in [0.3, 0.4) is 0 Å². The zero-order chi connectivity index (χ0) is 8.15. The fraction of sp³-hybridized carbons (Fsp3) is 0.667. The summed E-state index contributed by atoms with van der Waals surface area (Å²) in [6.07, 6.45) is 0. The molecule has 0 radical (unpaired) electrons. The molecule has 0 fully saturated rings. The average Bonchev–Trinajstić information content (AvgIpc) is 1.87. The molecule has 1 heteroatoms. The first-order chi connectivity index (χ1) is 4.59. The Balaban J connectivity index is 4.36. The second kappa shape index (κ2) is 4.26. The summed E-state index contributed by atoms with van der Waals surface area (Å²) in [5, 5.41) is 0. The molecule has 0 N–H and O–H groups in total. The Morgan fingerprint density at radius 2 is 1.60 bits per heavy atom. The smallest absolute Gasteiger partial charge is 0.0364 e. The van der Waals surface area contributed by atoms with Gasteiger partial charge < -0.3 is 0 Å². The second-order valence-electron chi connectivity index (χ2n) is 2.68. The summed E-state index contributed by atoms with van der Waals surface area (Å²) in [4.78, 5) is 4.30. The maximum Gasteiger partial charge on any atom is 0.0364 e. The van der Waals surface area contributed by atoms with Crippen molar-refractivity contribution in [2.75, 3.05) is 6.54 Å². The van der Waals surface area contributed by atoms with Crippen LogP contribution < -0.4 is 0 Å². The number of hydrogen-bond donors (Lipinski definition) is 0. The highest BCUT2D eigenvalue weighted by Crippen LogP contribution is 2.03. The quantitative estimate of drug-likeness (QED) is 0.522. The fourth-order valence-corrected chi connectivity index (χ4v) is 0.718. The fourth-order valence-electron chi connectivity index (χ4n) is 0.718. The summed E-state index contributed by atoms with van der Waals surface area (Å²) in [6.45, 7) is 11.3. The zero-order valence-electron chi connectivity index (χ0n) is 7.65. The van der Waals surface area contributed by atoms with Gasteiger partial charge >= 0.3 is 0 Å². The number of allylic oxidation sites excluding steroid dienone is 2. The minimum absolute atomic E-state index is 0.885. The van der Waals surface area contributed by atoms with Crippen LogP contribution in [0.15, 0.2) is 16.1 Å². The molecule has 0 aliphatic heterocycles. The highest BCUT2D eigenvalue weighted by Gasteiger charge is 1.94. The molecule has 0 aromatic carbocycles. The van der Waals surface area contributed by atoms with Crippen LogP contribution in [0.4, 0.5) is 0 Å². The molecular weight excluding hydrogens is 122 g/mol. The second-order valence-corrected chi connectivity index (χ2v) is 2.68. The van der Waals surface area contributed by atoms with Crippen LogP contribution in [0.25, 0.3) is 0 Å². The van der Waals surface area contributed by atoms with Gasteiger partial charge in [0.05, 0.1) is 0 Å². The third kappa shape index (κ3) is 2.81. The molecule has 1 nitrogen and oxygen atoms in total. The van der Waals surface area contributed by atoms with Gasteiger partial charge in [0, 0.05) is 12.3 Å². The van der Waals surface area contributed by atoms with Gasteiger partial charge in [-0.1, -0.05) is 5.57 Å². The molecule has 0 bridgehead atoms. The molecule has 0 aromatic rings. The highest BCUT2D eigenvalue weighted by molar-refractivity contribution is 5.98. The Morgan fingerprint density at radius 1 is 1.10 bits per heavy atom. The third-order valence-corrected chi connectivity index (χ3v) is 1.69. The van der Waals surface area contributed by atoms with E-state index in [0.717, 1.165) is 6.54 Å². The molecule has 0 atom stereocenters. The lowest BCUT2D eigenvalue weighted by molar-refractivity contribution is 1.12. The third-order valence-electron chi connectivity index (χ3n) is 1.69. The Labute approximate surface area is 63.9 Å². The molecule has 0 spiro atoms. The zero-order valence-corrected chi connectivity index (χ0v) is 7.65. The lowest BCUT2D eigenvalue weighted by Gasteiger charge is -2.01. The van der Waals surface area contributed by atoms with Crippen LogP contribution in [-0.4, -0.2) is 12.3 Å². The molecule has 0 amide bonds. The van der Waals surface area contributed by atoms with E-state index < -0.39 is 0 Å². The summed E-state index contributed by atoms with van der Waals surface area (Å²) >= 11 is 0. The summed E-state index contributed by atoms with van der Waals surface area (Å²) in [7, 11) is 0. The maximum absolute atomic E-state index is 4.30. The van der Waals surface area contributed by atoms with Crippen molar-refractivity contribution in [2.24, 2.45) is 4.99 Å². The first kappa shape index (κ1) is 9.41. The summed E-state index contributed by atoms with van der Waals surface area (Å²) in [5.74, 6) is 0. The predicted molar refractivity (Wildman–Crippen MR) is 47.7 cm³/mol. The summed E-state index contributed by atoms with van der Waals surface area (Å²) < 4.78 is 0. The molecular formula is C9H17N. The van der Waals surface area contributed by atoms with Crippen molar-refractivity contribution >= 4 is 5.71 Å². The van der Waals surface area contributed by atoms with E-state index in [9.17, 15) is 0 Å². The first-order valence-corrected chi connectivity index (χ1v) is 3.75. The topological polar surface area (TPSA) is 12.4 Å². The van der Waals surface area contributed by atoms with E-state index >= 15 is 0 Å². The molecule has 0 saturated heterocycles. The van der Waals surface area contributed by atoms with Crippen molar-refractivity contribution in [2.45, 2.75) is 34.6 Å². The van der Waals surface area contributed by atoms with Crippen molar-refractivity contribution in [3.63, 3.8) is 0 Å². The van der Waals surface area contributed by atoms with Gasteiger partial charge in [-0.15, -0.1) is 0 Å². The number of nitrogens with zero attached hydrogens (tertiary/aromatic N) is 1. The Morgan fingerprint density at radius 3 is 1.90 bits per heavy atom. The lowest BCUT2D eigenvalue weighted by atomic mass is 10.1. The van der Waals surface area contributed by atoms with Crippen LogP contribution in [0.5, 0.6) is 0 Å². The van der Waals surface area contributed by atoms with Crippen LogP contribution in [0.2, 0.25) is 0 Å². The van der Waals surface area contributed by atoms with Gasteiger partial charge in [0.15, 0.2) is 0 Å². The van der Waals surface area contributed by atoms with Crippen molar-refractivity contribution in [3.8, 4) is 0 Å². The van der Waals surface area contributed by atoms with E-state index in [4.69, 9.17) is 0 Å². The summed E-state index contributed by atoms with van der Waals surface area (Å²) in [6, 6.07) is 0. The minimum Gasteiger partial charge on any atom is -0.290 e. The SMILES string of the molecule is CC/N=C(/C)C(C)=C(C)C. The molecule has 0 aliphatic rings. The highest BCUT2D eigenvalue weighted by atomic mass is 14.7. The van der Waals surface area contributed by atoms with E-state index in [1.54, 1.807) is 0 Å². The van der Waals surface area contributed by atoms with E-state index in [2.05, 4.69) is 39.6 Å². The van der Waals surface area contributed by atoms with Crippen molar-refractivity contribution in [1.82, 2.24) is 0 Å². The number of rotatable bonds is 2. The van der Waals surface area contributed by atoms with Gasteiger partial charge in [-0.3, -0.25) is 4.99 Å². The molecule has 0 unspecified atom stereocenters. The molecule has 10 heavy (non-hydrogen) atoms. The van der Waals surface area contributed by atoms with E-state index in [1.807, 2.05) is 0 Å². The average molecular weight is 139 g/mol. The minimum atomic E-state index is 0.885. The van der Waals surface area contributed by atoms with E-state index in [1.165, 1.54) is 16.9 Å². The van der Waals surface area contributed by atoms with E-state index in [0.29, 0.717) is 0 Å². The van der Waals surface area contributed by atoms with Crippen LogP contribution >= 0.6 is 0 Å². The Hall–Kier alpha value is -0.590. The lowest BCUT2D eigenvalue weighted by Crippen LogP contribution is -1.95. The predicted octanol–water partition coefficient (Wildman–Crippen LogP) is 2.82. The number of hydrogen-bond acceptors (Lipinski definition) is 1. The van der Waals surface area contributed by atoms with Gasteiger partial charge in [0.1, 0.15) is 0 Å². The van der Waals surface area contributed by atoms with Gasteiger partial charge in [0.2, 0.25) is 0 Å². The first-order valence-electron chi connectivity index (χ1n) is 3.75. The standard InChI is InChI=1S/C9H17N/c1-6-10-9(5)8(4)7(2)3/h6H2,1-5H3/b10-9-. The largest absolute Gasteiger partial charge is 0.290 e. The molecule has 0 aliphatic carbocycles. The van der Waals surface area contributed by atoms with E-state index in [-0.39, 0.29) is 0 Å².